The molecule has 0 aromatic heterocycles. The molecule has 0 bridgehead atoms. The van der Waals surface area contributed by atoms with E-state index in [-0.39, 0.29) is 11.7 Å². The molecule has 1 heterocycles. The monoisotopic (exact) mass is 340 g/mol. The van der Waals surface area contributed by atoms with Gasteiger partial charge >= 0.3 is 0 Å². The van der Waals surface area contributed by atoms with E-state index in [9.17, 15) is 13.6 Å². The minimum absolute atomic E-state index is 0.0625. The topological polar surface area (TPSA) is 41.1 Å². The van der Waals surface area contributed by atoms with Gasteiger partial charge in [-0.2, -0.15) is 0 Å². The van der Waals surface area contributed by atoms with E-state index < -0.39 is 23.6 Å². The summed E-state index contributed by atoms with van der Waals surface area (Å²) >= 11 is 0. The van der Waals surface area contributed by atoms with Crippen molar-refractivity contribution < 1.29 is 13.6 Å². The van der Waals surface area contributed by atoms with Gasteiger partial charge in [0.2, 0.25) is 0 Å². The SMILES string of the molecule is C[C@H]1C=C2Nc3ccccc3N[C@@H](c3cc(F)cc(F)c3)[C@@H]2C(=O)C1. The number of Topliss-reactive ketones (excluding diaryl/α,β-unsaturated/α-hetero) is 1. The molecule has 0 saturated carbocycles. The third-order valence-corrected chi connectivity index (χ3v) is 4.76. The van der Waals surface area contributed by atoms with E-state index in [0.29, 0.717) is 12.0 Å². The Morgan fingerprint density at radius 1 is 1.04 bits per heavy atom. The number of benzene rings is 2. The lowest BCUT2D eigenvalue weighted by Gasteiger charge is -2.31. The fourth-order valence-corrected chi connectivity index (χ4v) is 3.73. The molecule has 1 aliphatic carbocycles. The van der Waals surface area contributed by atoms with Crippen LogP contribution in [0.1, 0.15) is 24.9 Å². The van der Waals surface area contributed by atoms with Gasteiger partial charge in [-0.1, -0.05) is 25.1 Å². The number of hydrogen-bond acceptors (Lipinski definition) is 3. The van der Waals surface area contributed by atoms with Crippen molar-refractivity contribution in [2.24, 2.45) is 11.8 Å². The van der Waals surface area contributed by atoms with Gasteiger partial charge in [0.25, 0.3) is 0 Å². The van der Waals surface area contributed by atoms with Crippen LogP contribution in [-0.2, 0) is 4.79 Å². The quantitative estimate of drug-likeness (QED) is 0.794. The number of allylic oxidation sites excluding steroid dienone is 1. The number of ketones is 1. The van der Waals surface area contributed by atoms with E-state index in [0.717, 1.165) is 23.1 Å². The van der Waals surface area contributed by atoms with Gasteiger partial charge in [0.05, 0.1) is 23.3 Å². The zero-order chi connectivity index (χ0) is 17.6. The Morgan fingerprint density at radius 2 is 1.72 bits per heavy atom. The van der Waals surface area contributed by atoms with Crippen LogP contribution in [0.15, 0.2) is 54.2 Å². The lowest BCUT2D eigenvalue weighted by atomic mass is 9.79. The molecule has 4 rings (SSSR count). The number of rotatable bonds is 1. The van der Waals surface area contributed by atoms with Gasteiger partial charge in [-0.05, 0) is 35.7 Å². The van der Waals surface area contributed by atoms with E-state index in [1.54, 1.807) is 0 Å². The number of halogens is 2. The fraction of sp³-hybridized carbons (Fsp3) is 0.250. The van der Waals surface area contributed by atoms with Gasteiger partial charge in [0, 0.05) is 18.2 Å². The van der Waals surface area contributed by atoms with Crippen LogP contribution in [0.4, 0.5) is 20.2 Å². The summed E-state index contributed by atoms with van der Waals surface area (Å²) in [5, 5.41) is 6.66. The van der Waals surface area contributed by atoms with Crippen LogP contribution in [0.3, 0.4) is 0 Å². The Morgan fingerprint density at radius 3 is 2.44 bits per heavy atom. The average molecular weight is 340 g/mol. The second-order valence-corrected chi connectivity index (χ2v) is 6.74. The zero-order valence-electron chi connectivity index (χ0n) is 13.7. The van der Waals surface area contributed by atoms with E-state index in [2.05, 4.69) is 10.6 Å². The molecule has 0 saturated heterocycles. The third kappa shape index (κ3) is 2.90. The summed E-state index contributed by atoms with van der Waals surface area (Å²) in [4.78, 5) is 12.8. The van der Waals surface area contributed by atoms with Crippen LogP contribution in [0, 0.1) is 23.5 Å². The van der Waals surface area contributed by atoms with E-state index >= 15 is 0 Å². The third-order valence-electron chi connectivity index (χ3n) is 4.76. The predicted molar refractivity (Wildman–Crippen MR) is 93.1 cm³/mol. The van der Waals surface area contributed by atoms with Crippen molar-refractivity contribution in [3.63, 3.8) is 0 Å². The second-order valence-electron chi connectivity index (χ2n) is 6.74. The first-order valence-electron chi connectivity index (χ1n) is 8.34. The number of carbonyl (C=O) groups excluding carboxylic acids is 1. The smallest absolute Gasteiger partial charge is 0.144 e. The molecule has 25 heavy (non-hydrogen) atoms. The van der Waals surface area contributed by atoms with Crippen molar-refractivity contribution in [1.29, 1.82) is 0 Å². The van der Waals surface area contributed by atoms with Crippen LogP contribution in [0.2, 0.25) is 0 Å². The summed E-state index contributed by atoms with van der Waals surface area (Å²) in [6.45, 7) is 1.99. The maximum absolute atomic E-state index is 13.8. The van der Waals surface area contributed by atoms with Crippen LogP contribution in [-0.4, -0.2) is 5.78 Å². The van der Waals surface area contributed by atoms with Crippen molar-refractivity contribution in [3.05, 3.63) is 71.4 Å². The molecule has 3 nitrogen and oxygen atoms in total. The summed E-state index contributed by atoms with van der Waals surface area (Å²) in [7, 11) is 0. The molecule has 5 heteroatoms. The van der Waals surface area contributed by atoms with Crippen LogP contribution in [0.25, 0.3) is 0 Å². The number of fused-ring (bicyclic) bond motifs is 2. The number of carbonyl (C=O) groups is 1. The molecule has 0 amide bonds. The first kappa shape index (κ1) is 15.8. The maximum Gasteiger partial charge on any atom is 0.144 e. The van der Waals surface area contributed by atoms with Crippen molar-refractivity contribution in [2.45, 2.75) is 19.4 Å². The Kier molecular flexibility index (Phi) is 3.79. The van der Waals surface area contributed by atoms with Crippen LogP contribution < -0.4 is 10.6 Å². The molecular weight excluding hydrogens is 322 g/mol. The highest BCUT2D eigenvalue weighted by molar-refractivity contribution is 5.89. The molecule has 0 spiro atoms. The number of nitrogens with one attached hydrogen (secondary N) is 2. The van der Waals surface area contributed by atoms with Gasteiger partial charge in [0.1, 0.15) is 17.4 Å². The standard InChI is InChI=1S/C20H18F2N2O/c1-11-6-17-19(18(25)7-11)20(12-8-13(21)10-14(22)9-12)24-16-5-3-2-4-15(16)23-17/h2-6,8-11,19-20,23-24H,7H2,1H3/t11-,19-,20-/m0/s1. The maximum atomic E-state index is 13.8. The van der Waals surface area contributed by atoms with Crippen molar-refractivity contribution in [1.82, 2.24) is 0 Å². The van der Waals surface area contributed by atoms with E-state index in [1.807, 2.05) is 37.3 Å². The largest absolute Gasteiger partial charge is 0.375 e. The number of para-hydroxylation sites is 2. The summed E-state index contributed by atoms with van der Waals surface area (Å²) < 4.78 is 27.6. The molecule has 0 radical (unpaired) electrons. The average Bonchev–Trinajstić information content (AvgIpc) is 2.70. The van der Waals surface area contributed by atoms with E-state index in [4.69, 9.17) is 0 Å². The Hall–Kier alpha value is -2.69. The molecule has 0 unspecified atom stereocenters. The van der Waals surface area contributed by atoms with Crippen LogP contribution in [0.5, 0.6) is 0 Å². The van der Waals surface area contributed by atoms with Crippen molar-refractivity contribution >= 4 is 17.2 Å². The Labute approximate surface area is 144 Å². The van der Waals surface area contributed by atoms with Gasteiger partial charge < -0.3 is 10.6 Å². The number of anilines is 2. The zero-order valence-corrected chi connectivity index (χ0v) is 13.7. The molecule has 128 valence electrons. The number of hydrogen-bond donors (Lipinski definition) is 2. The fourth-order valence-electron chi connectivity index (χ4n) is 3.73. The Bertz CT molecular complexity index is 857. The molecule has 2 aliphatic rings. The molecule has 2 aromatic rings. The summed E-state index contributed by atoms with van der Waals surface area (Å²) in [6, 6.07) is 10.5. The lowest BCUT2D eigenvalue weighted by Crippen LogP contribution is -2.33. The summed E-state index contributed by atoms with van der Waals surface area (Å²) in [5.41, 5.74) is 2.86. The van der Waals surface area contributed by atoms with Crippen molar-refractivity contribution in [2.75, 3.05) is 10.6 Å². The van der Waals surface area contributed by atoms with E-state index in [1.165, 1.54) is 12.1 Å². The molecule has 2 N–H and O–H groups in total. The van der Waals surface area contributed by atoms with Gasteiger partial charge in [-0.3, -0.25) is 4.79 Å². The van der Waals surface area contributed by atoms with Gasteiger partial charge in [-0.15, -0.1) is 0 Å². The molecular formula is C20H18F2N2O. The predicted octanol–water partition coefficient (Wildman–Crippen LogP) is 4.65. The highest BCUT2D eigenvalue weighted by Gasteiger charge is 2.38. The highest BCUT2D eigenvalue weighted by atomic mass is 19.1. The highest BCUT2D eigenvalue weighted by Crippen LogP contribution is 2.42. The van der Waals surface area contributed by atoms with Crippen molar-refractivity contribution in [3.8, 4) is 0 Å². The first-order valence-corrected chi connectivity index (χ1v) is 8.34. The molecule has 2 aromatic carbocycles. The first-order chi connectivity index (χ1) is 12.0. The second kappa shape index (κ2) is 5.99. The minimum atomic E-state index is -0.649. The molecule has 1 aliphatic heterocycles. The molecule has 0 fully saturated rings. The van der Waals surface area contributed by atoms with Crippen LogP contribution >= 0.6 is 0 Å². The summed E-state index contributed by atoms with van der Waals surface area (Å²) in [6.07, 6.45) is 2.46. The summed E-state index contributed by atoms with van der Waals surface area (Å²) in [5.74, 6) is -1.62. The van der Waals surface area contributed by atoms with Gasteiger partial charge in [0.15, 0.2) is 0 Å². The Balaban J connectivity index is 1.88. The molecule has 3 atom stereocenters. The van der Waals surface area contributed by atoms with Gasteiger partial charge in [-0.25, -0.2) is 8.78 Å². The minimum Gasteiger partial charge on any atom is -0.375 e. The normalized spacial score (nSPS) is 25.0. The lowest BCUT2D eigenvalue weighted by molar-refractivity contribution is -0.123.